The van der Waals surface area contributed by atoms with Crippen LogP contribution in [0.25, 0.3) is 0 Å². The molecule has 0 radical (unpaired) electrons. The van der Waals surface area contributed by atoms with Crippen LogP contribution in [0, 0.1) is 0 Å². The average molecular weight is 631 g/mol. The number of azo groups is 2. The van der Waals surface area contributed by atoms with Crippen molar-refractivity contribution in [1.82, 2.24) is 0 Å². The Kier molecular flexibility index (Phi) is 8.13. The maximum Gasteiger partial charge on any atom is 0.296 e. The summed E-state index contributed by atoms with van der Waals surface area (Å²) < 4.78 is 84.1. The summed E-state index contributed by atoms with van der Waals surface area (Å²) in [5, 5.41) is 25.5. The minimum absolute atomic E-state index is 0.000739. The molecule has 0 fully saturated rings. The second kappa shape index (κ2) is 11.3. The fourth-order valence-corrected chi connectivity index (χ4v) is 6.27. The van der Waals surface area contributed by atoms with Gasteiger partial charge in [0, 0.05) is 6.26 Å². The molecule has 0 aliphatic rings. The normalized spacial score (nSPS) is 12.7. The summed E-state index contributed by atoms with van der Waals surface area (Å²) in [4.78, 5) is -1.26. The van der Waals surface area contributed by atoms with Gasteiger partial charge in [0.05, 0.1) is 26.1 Å². The first-order valence-electron chi connectivity index (χ1n) is 11.6. The maximum atomic E-state index is 13.2. The van der Waals surface area contributed by atoms with Crippen LogP contribution in [0.2, 0.25) is 0 Å². The van der Waals surface area contributed by atoms with E-state index in [1.165, 1.54) is 36.4 Å². The summed E-state index contributed by atoms with van der Waals surface area (Å²) in [7, 11) is -12.7. The van der Waals surface area contributed by atoms with Crippen LogP contribution in [-0.2, 0) is 29.8 Å². The van der Waals surface area contributed by atoms with Crippen molar-refractivity contribution in [3.8, 4) is 5.75 Å². The molecule has 6 N–H and O–H groups in total. The predicted molar refractivity (Wildman–Crippen MR) is 153 cm³/mol. The summed E-state index contributed by atoms with van der Waals surface area (Å²) >= 11 is 0. The van der Waals surface area contributed by atoms with Crippen molar-refractivity contribution in [1.29, 1.82) is 0 Å². The fraction of sp³-hybridized carbons (Fsp3) is 0.0400. The second-order valence-corrected chi connectivity index (χ2v) is 14.0. The molecule has 0 unspecified atom stereocenters. The number of hydrogen-bond donors (Lipinski definition) is 4. The van der Waals surface area contributed by atoms with Crippen molar-refractivity contribution in [3.63, 3.8) is 0 Å². The zero-order valence-corrected chi connectivity index (χ0v) is 24.0. The summed E-state index contributed by atoms with van der Waals surface area (Å²) in [6.07, 6.45) is 0.937. The van der Waals surface area contributed by atoms with Crippen LogP contribution in [0.1, 0.15) is 0 Å². The molecule has 4 aromatic carbocycles. The van der Waals surface area contributed by atoms with E-state index in [9.17, 15) is 34.9 Å². The summed E-state index contributed by atoms with van der Waals surface area (Å²) in [6, 6.07) is 17.2. The molecule has 0 saturated carbocycles. The fourth-order valence-electron chi connectivity index (χ4n) is 3.59. The highest BCUT2D eigenvalue weighted by Crippen LogP contribution is 2.44. The van der Waals surface area contributed by atoms with Gasteiger partial charge in [0.2, 0.25) is 9.84 Å². The zero-order chi connectivity index (χ0) is 30.9. The zero-order valence-electron chi connectivity index (χ0n) is 21.5. The number of phenols is 1. The molecular formula is C25H22N6O8S3. The van der Waals surface area contributed by atoms with Gasteiger partial charge in [-0.25, -0.2) is 16.8 Å². The van der Waals surface area contributed by atoms with E-state index in [1.54, 1.807) is 18.2 Å². The molecule has 4 rings (SSSR count). The van der Waals surface area contributed by atoms with E-state index >= 15 is 0 Å². The van der Waals surface area contributed by atoms with Gasteiger partial charge in [-0.2, -0.15) is 8.42 Å². The van der Waals surface area contributed by atoms with Gasteiger partial charge in [0.15, 0.2) is 9.84 Å². The SMILES string of the molecule is CS(=O)(=O)c1ccc(O)c(/N=N/c2c(N)c(/N=N/c3ccccc3S(=O)(=O)c3ccccc3)cc(S(=O)(=O)O)c2N)c1. The largest absolute Gasteiger partial charge is 0.506 e. The molecule has 17 heteroatoms. The molecule has 0 amide bonds. The number of phenolic OH excluding ortho intramolecular Hbond substituents is 1. The molecule has 218 valence electrons. The monoisotopic (exact) mass is 630 g/mol. The Labute approximate surface area is 240 Å². The van der Waals surface area contributed by atoms with Crippen molar-refractivity contribution < 1.29 is 34.9 Å². The van der Waals surface area contributed by atoms with Crippen LogP contribution in [-0.4, -0.2) is 41.2 Å². The smallest absolute Gasteiger partial charge is 0.296 e. The number of nitrogens with two attached hydrogens (primary N) is 2. The third-order valence-electron chi connectivity index (χ3n) is 5.70. The van der Waals surface area contributed by atoms with Crippen LogP contribution in [0.3, 0.4) is 0 Å². The predicted octanol–water partition coefficient (Wildman–Crippen LogP) is 4.87. The number of aromatic hydroxyl groups is 1. The summed E-state index contributed by atoms with van der Waals surface area (Å²) in [6.45, 7) is 0. The number of rotatable bonds is 8. The molecule has 0 aliphatic heterocycles. The minimum atomic E-state index is -4.97. The van der Waals surface area contributed by atoms with Gasteiger partial charge < -0.3 is 16.6 Å². The van der Waals surface area contributed by atoms with Crippen molar-refractivity contribution in [2.75, 3.05) is 17.7 Å². The highest BCUT2D eigenvalue weighted by Gasteiger charge is 2.24. The van der Waals surface area contributed by atoms with Gasteiger partial charge in [0.1, 0.15) is 33.4 Å². The van der Waals surface area contributed by atoms with E-state index in [-0.39, 0.29) is 37.4 Å². The van der Waals surface area contributed by atoms with Gasteiger partial charge in [-0.3, -0.25) is 4.55 Å². The van der Waals surface area contributed by atoms with E-state index < -0.39 is 51.8 Å². The van der Waals surface area contributed by atoms with E-state index in [1.807, 2.05) is 0 Å². The van der Waals surface area contributed by atoms with E-state index in [0.717, 1.165) is 30.5 Å². The number of nitrogen functional groups attached to an aromatic ring is 2. The van der Waals surface area contributed by atoms with Gasteiger partial charge in [-0.15, -0.1) is 20.5 Å². The van der Waals surface area contributed by atoms with Crippen LogP contribution in [0.4, 0.5) is 34.1 Å². The lowest BCUT2D eigenvalue weighted by atomic mass is 10.2. The minimum Gasteiger partial charge on any atom is -0.506 e. The average Bonchev–Trinajstić information content (AvgIpc) is 2.92. The molecule has 4 aromatic rings. The molecule has 0 atom stereocenters. The standard InChI is InChI=1S/C25H22N6O8S3/c1-40(33,34)16-11-12-20(32)18(13-16)29-31-25-23(26)19(14-22(24(25)27)42(37,38)39)30-28-17-9-5-6-10-21(17)41(35,36)15-7-3-2-4-8-15/h2-14,32H,26-27H2,1H3,(H,37,38,39)/b30-28+,31-29+. The molecule has 0 aromatic heterocycles. The molecule has 14 nitrogen and oxygen atoms in total. The van der Waals surface area contributed by atoms with E-state index in [0.29, 0.717) is 0 Å². The molecule has 0 bridgehead atoms. The third-order valence-corrected chi connectivity index (χ3v) is 9.52. The van der Waals surface area contributed by atoms with Crippen LogP contribution in [0.15, 0.2) is 119 Å². The highest BCUT2D eigenvalue weighted by molar-refractivity contribution is 7.91. The topological polar surface area (TPSA) is 244 Å². The molecule has 0 aliphatic carbocycles. The van der Waals surface area contributed by atoms with Gasteiger partial charge >= 0.3 is 0 Å². The summed E-state index contributed by atoms with van der Waals surface area (Å²) in [5.41, 5.74) is 9.71. The van der Waals surface area contributed by atoms with Gasteiger partial charge in [0.25, 0.3) is 10.1 Å². The summed E-state index contributed by atoms with van der Waals surface area (Å²) in [5.74, 6) is -0.467. The number of anilines is 2. The second-order valence-electron chi connectivity index (χ2n) is 8.65. The number of hydrogen-bond acceptors (Lipinski definition) is 13. The Morgan fingerprint density at radius 2 is 1.21 bits per heavy atom. The van der Waals surface area contributed by atoms with Crippen molar-refractivity contribution >= 4 is 63.9 Å². The lowest BCUT2D eigenvalue weighted by Crippen LogP contribution is -2.05. The van der Waals surface area contributed by atoms with E-state index in [4.69, 9.17) is 11.5 Å². The Morgan fingerprint density at radius 1 is 0.619 bits per heavy atom. The number of benzene rings is 4. The molecule has 0 spiro atoms. The molecular weight excluding hydrogens is 609 g/mol. The molecule has 0 saturated heterocycles. The Bertz CT molecular complexity index is 2080. The van der Waals surface area contributed by atoms with Crippen molar-refractivity contribution in [2.24, 2.45) is 20.5 Å². The Morgan fingerprint density at radius 3 is 1.86 bits per heavy atom. The first-order chi connectivity index (χ1) is 19.6. The van der Waals surface area contributed by atoms with Crippen molar-refractivity contribution in [3.05, 3.63) is 78.9 Å². The van der Waals surface area contributed by atoms with E-state index in [2.05, 4.69) is 20.5 Å². The van der Waals surface area contributed by atoms with Gasteiger partial charge in [-0.1, -0.05) is 30.3 Å². The lowest BCUT2D eigenvalue weighted by Gasteiger charge is -2.11. The van der Waals surface area contributed by atoms with Crippen molar-refractivity contribution in [2.45, 2.75) is 19.6 Å². The van der Waals surface area contributed by atoms with Crippen LogP contribution < -0.4 is 11.5 Å². The number of sulfone groups is 2. The highest BCUT2D eigenvalue weighted by atomic mass is 32.2. The number of nitrogens with zero attached hydrogens (tertiary/aromatic N) is 4. The first kappa shape index (κ1) is 30.3. The molecule has 42 heavy (non-hydrogen) atoms. The lowest BCUT2D eigenvalue weighted by molar-refractivity contribution is 0.475. The third kappa shape index (κ3) is 6.28. The van der Waals surface area contributed by atoms with Crippen LogP contribution >= 0.6 is 0 Å². The van der Waals surface area contributed by atoms with Gasteiger partial charge in [-0.05, 0) is 48.5 Å². The van der Waals surface area contributed by atoms with Crippen LogP contribution in [0.5, 0.6) is 5.75 Å². The maximum absolute atomic E-state index is 13.2. The molecule has 0 heterocycles. The first-order valence-corrected chi connectivity index (χ1v) is 16.4. The Hall–Kier alpha value is -4.71. The Balaban J connectivity index is 1.85. The quantitative estimate of drug-likeness (QED) is 0.117.